The van der Waals surface area contributed by atoms with Crippen LogP contribution >= 0.6 is 22.9 Å². The number of hydrogen-bond donors (Lipinski definition) is 1. The van der Waals surface area contributed by atoms with Gasteiger partial charge in [0.1, 0.15) is 0 Å². The molecular weight excluding hydrogens is 380 g/mol. The highest BCUT2D eigenvalue weighted by Crippen LogP contribution is 2.27. The van der Waals surface area contributed by atoms with Crippen LogP contribution in [0.15, 0.2) is 40.6 Å². The first-order valence-electron chi connectivity index (χ1n) is 8.02. The monoisotopic (exact) mass is 398 g/mol. The van der Waals surface area contributed by atoms with Crippen LogP contribution in [0.2, 0.25) is 5.02 Å². The van der Waals surface area contributed by atoms with Crippen molar-refractivity contribution < 1.29 is 13.2 Å². The highest BCUT2D eigenvalue weighted by atomic mass is 35.5. The van der Waals surface area contributed by atoms with Crippen molar-refractivity contribution in [3.8, 4) is 0 Å². The molecule has 134 valence electrons. The Morgan fingerprint density at radius 1 is 1.24 bits per heavy atom. The number of anilines is 1. The molecule has 0 spiro atoms. The number of sulfonamides is 1. The maximum absolute atomic E-state index is 12.7. The van der Waals surface area contributed by atoms with Crippen molar-refractivity contribution in [2.45, 2.75) is 24.7 Å². The Bertz CT molecular complexity index is 854. The molecule has 2 heterocycles. The number of nitrogens with one attached hydrogen (secondary N) is 1. The molecule has 0 radical (unpaired) electrons. The lowest BCUT2D eigenvalue weighted by atomic mass is 10.0. The number of thiophene rings is 1. The van der Waals surface area contributed by atoms with Gasteiger partial charge in [-0.05, 0) is 49.1 Å². The quantitative estimate of drug-likeness (QED) is 0.843. The molecule has 0 atom stereocenters. The molecule has 5 nitrogen and oxygen atoms in total. The van der Waals surface area contributed by atoms with Crippen LogP contribution in [0.4, 0.5) is 5.69 Å². The molecule has 25 heavy (non-hydrogen) atoms. The van der Waals surface area contributed by atoms with Gasteiger partial charge in [-0.1, -0.05) is 18.5 Å². The zero-order valence-electron chi connectivity index (χ0n) is 13.7. The highest BCUT2D eigenvalue weighted by Gasteiger charge is 2.29. The van der Waals surface area contributed by atoms with Gasteiger partial charge in [-0.3, -0.25) is 4.79 Å². The van der Waals surface area contributed by atoms with Crippen molar-refractivity contribution in [3.05, 3.63) is 45.6 Å². The van der Waals surface area contributed by atoms with Gasteiger partial charge in [-0.25, -0.2) is 8.42 Å². The van der Waals surface area contributed by atoms with Crippen molar-refractivity contribution in [1.29, 1.82) is 0 Å². The summed E-state index contributed by atoms with van der Waals surface area (Å²) in [6.07, 6.45) is 1.74. The minimum atomic E-state index is -3.53. The van der Waals surface area contributed by atoms with E-state index in [2.05, 4.69) is 12.2 Å². The summed E-state index contributed by atoms with van der Waals surface area (Å²) in [5.74, 6) is 0.218. The topological polar surface area (TPSA) is 66.5 Å². The summed E-state index contributed by atoms with van der Waals surface area (Å²) in [5, 5.41) is 4.85. The van der Waals surface area contributed by atoms with Crippen LogP contribution in [0.25, 0.3) is 0 Å². The Labute approximate surface area is 156 Å². The molecule has 0 bridgehead atoms. The normalized spacial score (nSPS) is 16.7. The van der Waals surface area contributed by atoms with Gasteiger partial charge in [0.05, 0.1) is 9.77 Å². The van der Waals surface area contributed by atoms with E-state index in [-0.39, 0.29) is 10.8 Å². The Morgan fingerprint density at radius 3 is 2.52 bits per heavy atom. The molecule has 1 aromatic carbocycles. The third-order valence-electron chi connectivity index (χ3n) is 4.28. The molecule has 0 aliphatic carbocycles. The zero-order chi connectivity index (χ0) is 18.0. The summed E-state index contributed by atoms with van der Waals surface area (Å²) in [6, 6.07) is 8.20. The van der Waals surface area contributed by atoms with Gasteiger partial charge in [0.15, 0.2) is 0 Å². The lowest BCUT2D eigenvalue weighted by Gasteiger charge is -2.29. The number of halogens is 1. The molecule has 2 aromatic rings. The summed E-state index contributed by atoms with van der Waals surface area (Å²) in [6.45, 7) is 3.20. The predicted molar refractivity (Wildman–Crippen MR) is 101 cm³/mol. The molecule has 1 aliphatic heterocycles. The van der Waals surface area contributed by atoms with Gasteiger partial charge in [-0.2, -0.15) is 4.31 Å². The molecule has 1 fully saturated rings. The first-order chi connectivity index (χ1) is 11.9. The molecule has 0 unspecified atom stereocenters. The van der Waals surface area contributed by atoms with E-state index in [4.69, 9.17) is 11.6 Å². The van der Waals surface area contributed by atoms with Gasteiger partial charge >= 0.3 is 0 Å². The summed E-state index contributed by atoms with van der Waals surface area (Å²) >= 11 is 6.95. The van der Waals surface area contributed by atoms with Gasteiger partial charge < -0.3 is 5.32 Å². The smallest absolute Gasteiger partial charge is 0.265 e. The second-order valence-corrected chi connectivity index (χ2v) is 9.48. The Balaban J connectivity index is 1.73. The van der Waals surface area contributed by atoms with Crippen LogP contribution in [-0.2, 0) is 10.0 Å². The van der Waals surface area contributed by atoms with Crippen molar-refractivity contribution in [3.63, 3.8) is 0 Å². The van der Waals surface area contributed by atoms with E-state index in [1.54, 1.807) is 24.3 Å². The second-order valence-electron chi connectivity index (χ2n) is 6.19. The number of rotatable bonds is 4. The summed E-state index contributed by atoms with van der Waals surface area (Å²) < 4.78 is 26.9. The first kappa shape index (κ1) is 18.4. The molecule has 1 saturated heterocycles. The first-order valence-corrected chi connectivity index (χ1v) is 10.7. The molecular formula is C17H19ClN2O3S2. The highest BCUT2D eigenvalue weighted by molar-refractivity contribution is 7.89. The minimum absolute atomic E-state index is 0.188. The van der Waals surface area contributed by atoms with E-state index >= 15 is 0 Å². The molecule has 1 N–H and O–H groups in total. The van der Waals surface area contributed by atoms with Crippen LogP contribution in [0.1, 0.15) is 29.4 Å². The fraction of sp³-hybridized carbons (Fsp3) is 0.353. The van der Waals surface area contributed by atoms with E-state index < -0.39 is 10.0 Å². The maximum atomic E-state index is 12.7. The zero-order valence-corrected chi connectivity index (χ0v) is 16.1. The lowest BCUT2D eigenvalue weighted by molar-refractivity contribution is 0.103. The Kier molecular flexibility index (Phi) is 5.48. The molecule has 8 heteroatoms. The fourth-order valence-corrected chi connectivity index (χ4v) is 5.43. The van der Waals surface area contributed by atoms with Gasteiger partial charge in [-0.15, -0.1) is 11.3 Å². The standard InChI is InChI=1S/C17H19ClN2O3S2/c1-12-6-8-20(9-7-12)25(22,23)15-10-16(24-11-15)17(21)19-14-4-2-13(18)3-5-14/h2-5,10-12H,6-9H2,1H3,(H,19,21). The average molecular weight is 399 g/mol. The Hall–Kier alpha value is -1.41. The number of amides is 1. The van der Waals surface area contributed by atoms with Crippen LogP contribution in [0, 0.1) is 5.92 Å². The molecule has 0 saturated carbocycles. The van der Waals surface area contributed by atoms with Crippen molar-refractivity contribution >= 4 is 44.6 Å². The van der Waals surface area contributed by atoms with E-state index in [0.717, 1.165) is 24.2 Å². The SMILES string of the molecule is CC1CCN(S(=O)(=O)c2csc(C(=O)Nc3ccc(Cl)cc3)c2)CC1. The minimum Gasteiger partial charge on any atom is -0.321 e. The van der Waals surface area contributed by atoms with E-state index in [9.17, 15) is 13.2 Å². The Morgan fingerprint density at radius 2 is 1.88 bits per heavy atom. The third-order valence-corrected chi connectivity index (χ3v) is 7.49. The summed E-state index contributed by atoms with van der Waals surface area (Å²) in [5.41, 5.74) is 0.609. The summed E-state index contributed by atoms with van der Waals surface area (Å²) in [7, 11) is -3.53. The fourth-order valence-electron chi connectivity index (χ4n) is 2.67. The van der Waals surface area contributed by atoms with E-state index in [1.807, 2.05) is 0 Å². The van der Waals surface area contributed by atoms with Crippen molar-refractivity contribution in [2.24, 2.45) is 5.92 Å². The lowest BCUT2D eigenvalue weighted by Crippen LogP contribution is -2.37. The number of carbonyl (C=O) groups is 1. The van der Waals surface area contributed by atoms with Gasteiger partial charge in [0.25, 0.3) is 5.91 Å². The van der Waals surface area contributed by atoms with Crippen molar-refractivity contribution in [1.82, 2.24) is 4.31 Å². The third kappa shape index (κ3) is 4.23. The number of nitrogens with zero attached hydrogens (tertiary/aromatic N) is 1. The number of piperidine rings is 1. The second kappa shape index (κ2) is 7.45. The number of hydrogen-bond acceptors (Lipinski definition) is 4. The molecule has 1 amide bonds. The predicted octanol–water partition coefficient (Wildman–Crippen LogP) is 4.07. The van der Waals surface area contributed by atoms with E-state index in [0.29, 0.717) is 34.6 Å². The van der Waals surface area contributed by atoms with Gasteiger partial charge in [0, 0.05) is 29.2 Å². The van der Waals surface area contributed by atoms with E-state index in [1.165, 1.54) is 15.8 Å². The number of carbonyl (C=O) groups excluding carboxylic acids is 1. The van der Waals surface area contributed by atoms with Crippen molar-refractivity contribution in [2.75, 3.05) is 18.4 Å². The van der Waals surface area contributed by atoms with Gasteiger partial charge in [0.2, 0.25) is 10.0 Å². The molecule has 3 rings (SSSR count). The largest absolute Gasteiger partial charge is 0.321 e. The van der Waals surface area contributed by atoms with Crippen LogP contribution in [-0.4, -0.2) is 31.7 Å². The molecule has 1 aromatic heterocycles. The van der Waals surface area contributed by atoms with Crippen LogP contribution in [0.3, 0.4) is 0 Å². The van der Waals surface area contributed by atoms with Crippen LogP contribution < -0.4 is 5.32 Å². The van der Waals surface area contributed by atoms with Crippen LogP contribution in [0.5, 0.6) is 0 Å². The maximum Gasteiger partial charge on any atom is 0.265 e. The summed E-state index contributed by atoms with van der Waals surface area (Å²) in [4.78, 5) is 12.9. The average Bonchev–Trinajstić information content (AvgIpc) is 3.08. The number of benzene rings is 1. The molecule has 1 aliphatic rings.